The van der Waals surface area contributed by atoms with Crippen LogP contribution in [-0.2, 0) is 0 Å². The summed E-state index contributed by atoms with van der Waals surface area (Å²) in [6.07, 6.45) is 1.90. The molecule has 8 aromatic rings. The van der Waals surface area contributed by atoms with Crippen LogP contribution in [0.5, 0.6) is 0 Å². The molecule has 0 unspecified atom stereocenters. The molecule has 0 radical (unpaired) electrons. The number of rotatable bonds is 3. The number of nitriles is 2. The second kappa shape index (κ2) is 9.20. The SMILES string of the molecule is N#Cc1cccc(-c2cc(-n3c4ccccc4c4ccccc43)ncc2-n2c3ccccc3c3ccccc32)c1C#N. The summed E-state index contributed by atoms with van der Waals surface area (Å²) in [4.78, 5) is 5.07. The Labute approximate surface area is 241 Å². The standard InChI is InChI=1S/C37H21N5/c38-21-24-10-9-15-25(31(24)22-39)30-20-37(42-34-18-7-3-13-28(34)29-14-4-8-19-35(29)42)40-23-36(30)41-32-16-5-1-11-26(32)27-12-2-6-17-33(27)41/h1-20,23H. The molecule has 0 saturated heterocycles. The highest BCUT2D eigenvalue weighted by atomic mass is 15.1. The van der Waals surface area contributed by atoms with Gasteiger partial charge in [-0.2, -0.15) is 10.5 Å². The van der Waals surface area contributed by atoms with E-state index in [1.807, 2.05) is 54.7 Å². The van der Waals surface area contributed by atoms with E-state index in [1.54, 1.807) is 6.07 Å². The Balaban J connectivity index is 1.52. The first-order chi connectivity index (χ1) is 20.8. The van der Waals surface area contributed by atoms with Crippen molar-refractivity contribution in [3.63, 3.8) is 0 Å². The summed E-state index contributed by atoms with van der Waals surface area (Å²) in [5.74, 6) is 0.734. The number of para-hydroxylation sites is 4. The highest BCUT2D eigenvalue weighted by Gasteiger charge is 2.21. The van der Waals surface area contributed by atoms with Crippen LogP contribution in [0.3, 0.4) is 0 Å². The van der Waals surface area contributed by atoms with Gasteiger partial charge in [-0.1, -0.05) is 84.9 Å². The lowest BCUT2D eigenvalue weighted by Crippen LogP contribution is -2.04. The van der Waals surface area contributed by atoms with Crippen LogP contribution in [0.2, 0.25) is 0 Å². The molecule has 0 aliphatic heterocycles. The summed E-state index contributed by atoms with van der Waals surface area (Å²) in [6.45, 7) is 0. The van der Waals surface area contributed by atoms with E-state index < -0.39 is 0 Å². The van der Waals surface area contributed by atoms with Gasteiger partial charge in [0.05, 0.1) is 45.1 Å². The summed E-state index contributed by atoms with van der Waals surface area (Å²) in [5, 5.41) is 24.7. The van der Waals surface area contributed by atoms with Gasteiger partial charge in [-0.3, -0.25) is 4.57 Å². The third kappa shape index (κ3) is 3.32. The Morgan fingerprint density at radius 1 is 0.500 bits per heavy atom. The summed E-state index contributed by atoms with van der Waals surface area (Å²) < 4.78 is 4.38. The quantitative estimate of drug-likeness (QED) is 0.227. The van der Waals surface area contributed by atoms with E-state index in [4.69, 9.17) is 4.98 Å². The zero-order valence-electron chi connectivity index (χ0n) is 22.4. The minimum Gasteiger partial charge on any atom is -0.307 e. The molecule has 0 atom stereocenters. The highest BCUT2D eigenvalue weighted by molar-refractivity contribution is 6.10. The number of fused-ring (bicyclic) bond motifs is 6. The van der Waals surface area contributed by atoms with E-state index in [2.05, 4.69) is 88.0 Å². The fraction of sp³-hybridized carbons (Fsp3) is 0. The fourth-order valence-electron chi connectivity index (χ4n) is 6.30. The van der Waals surface area contributed by atoms with E-state index in [1.165, 1.54) is 0 Å². The van der Waals surface area contributed by atoms with Crippen LogP contribution in [-0.4, -0.2) is 14.1 Å². The van der Waals surface area contributed by atoms with Crippen LogP contribution in [0.4, 0.5) is 0 Å². The number of hydrogen-bond donors (Lipinski definition) is 0. The second-order valence-electron chi connectivity index (χ2n) is 10.3. The van der Waals surface area contributed by atoms with Crippen molar-refractivity contribution in [2.75, 3.05) is 0 Å². The predicted molar refractivity (Wildman–Crippen MR) is 168 cm³/mol. The van der Waals surface area contributed by atoms with Gasteiger partial charge in [-0.05, 0) is 36.4 Å². The number of benzene rings is 5. The largest absolute Gasteiger partial charge is 0.307 e. The lowest BCUT2D eigenvalue weighted by atomic mass is 9.96. The molecule has 0 amide bonds. The van der Waals surface area contributed by atoms with Crippen LogP contribution < -0.4 is 0 Å². The Kier molecular flexibility index (Phi) is 5.19. The van der Waals surface area contributed by atoms with Crippen LogP contribution in [0.1, 0.15) is 11.1 Å². The van der Waals surface area contributed by atoms with E-state index in [0.29, 0.717) is 16.7 Å². The van der Waals surface area contributed by atoms with Crippen molar-refractivity contribution in [3.05, 3.63) is 139 Å². The van der Waals surface area contributed by atoms with E-state index in [9.17, 15) is 10.5 Å². The van der Waals surface area contributed by atoms with Crippen LogP contribution in [0.15, 0.2) is 128 Å². The summed E-state index contributed by atoms with van der Waals surface area (Å²) in [7, 11) is 0. The second-order valence-corrected chi connectivity index (χ2v) is 10.3. The van der Waals surface area contributed by atoms with Crippen LogP contribution >= 0.6 is 0 Å². The van der Waals surface area contributed by atoms with Gasteiger partial charge in [0, 0.05) is 32.7 Å². The monoisotopic (exact) mass is 535 g/mol. The van der Waals surface area contributed by atoms with Crippen molar-refractivity contribution < 1.29 is 0 Å². The molecule has 5 heteroatoms. The van der Waals surface area contributed by atoms with Crippen molar-refractivity contribution in [2.45, 2.75) is 0 Å². The first kappa shape index (κ1) is 23.7. The number of nitrogens with zero attached hydrogens (tertiary/aromatic N) is 5. The minimum atomic E-state index is 0.346. The van der Waals surface area contributed by atoms with E-state index in [-0.39, 0.29) is 0 Å². The Hall–Kier alpha value is -6.17. The lowest BCUT2D eigenvalue weighted by Gasteiger charge is -2.17. The molecule has 0 fully saturated rings. The van der Waals surface area contributed by atoms with Gasteiger partial charge < -0.3 is 4.57 Å². The van der Waals surface area contributed by atoms with Crippen LogP contribution in [0.25, 0.3) is 66.2 Å². The minimum absolute atomic E-state index is 0.346. The lowest BCUT2D eigenvalue weighted by molar-refractivity contribution is 1.06. The fourth-order valence-corrected chi connectivity index (χ4v) is 6.30. The molecule has 5 aromatic carbocycles. The maximum Gasteiger partial charge on any atom is 0.138 e. The third-order valence-electron chi connectivity index (χ3n) is 8.09. The molecule has 3 aromatic heterocycles. The molecule has 0 saturated carbocycles. The molecular weight excluding hydrogens is 514 g/mol. The van der Waals surface area contributed by atoms with Crippen molar-refractivity contribution in [3.8, 4) is 34.8 Å². The normalized spacial score (nSPS) is 11.3. The predicted octanol–water partition coefficient (Wildman–Crippen LogP) is 8.69. The molecule has 0 N–H and O–H groups in total. The molecule has 5 nitrogen and oxygen atoms in total. The maximum absolute atomic E-state index is 10.3. The molecule has 0 bridgehead atoms. The Morgan fingerprint density at radius 2 is 1.00 bits per heavy atom. The number of aromatic nitrogens is 3. The third-order valence-corrected chi connectivity index (χ3v) is 8.09. The topological polar surface area (TPSA) is 70.3 Å². The van der Waals surface area contributed by atoms with Gasteiger partial charge in [0.2, 0.25) is 0 Å². The molecule has 194 valence electrons. The van der Waals surface area contributed by atoms with Gasteiger partial charge in [-0.15, -0.1) is 0 Å². The number of pyridine rings is 1. The first-order valence-corrected chi connectivity index (χ1v) is 13.7. The van der Waals surface area contributed by atoms with Crippen molar-refractivity contribution >= 4 is 43.6 Å². The van der Waals surface area contributed by atoms with Crippen molar-refractivity contribution in [1.29, 1.82) is 10.5 Å². The Morgan fingerprint density at radius 3 is 1.50 bits per heavy atom. The average molecular weight is 536 g/mol. The highest BCUT2D eigenvalue weighted by Crippen LogP contribution is 2.39. The molecule has 0 aliphatic rings. The molecular formula is C37H21N5. The van der Waals surface area contributed by atoms with Crippen molar-refractivity contribution in [2.24, 2.45) is 0 Å². The summed E-state index contributed by atoms with van der Waals surface area (Å²) >= 11 is 0. The van der Waals surface area contributed by atoms with Gasteiger partial charge in [0.1, 0.15) is 18.0 Å². The van der Waals surface area contributed by atoms with E-state index >= 15 is 0 Å². The zero-order chi connectivity index (χ0) is 28.2. The molecule has 3 heterocycles. The van der Waals surface area contributed by atoms with Gasteiger partial charge >= 0.3 is 0 Å². The van der Waals surface area contributed by atoms with Gasteiger partial charge in [-0.25, -0.2) is 4.98 Å². The average Bonchev–Trinajstić information content (AvgIpc) is 3.57. The van der Waals surface area contributed by atoms with E-state index in [0.717, 1.165) is 60.7 Å². The molecule has 0 aliphatic carbocycles. The zero-order valence-corrected chi connectivity index (χ0v) is 22.4. The Bertz CT molecular complexity index is 2340. The number of hydrogen-bond acceptors (Lipinski definition) is 3. The molecule has 8 rings (SSSR count). The van der Waals surface area contributed by atoms with Crippen LogP contribution in [0, 0.1) is 22.7 Å². The van der Waals surface area contributed by atoms with Gasteiger partial charge in [0.25, 0.3) is 0 Å². The maximum atomic E-state index is 10.3. The van der Waals surface area contributed by atoms with Crippen molar-refractivity contribution in [1.82, 2.24) is 14.1 Å². The molecule has 42 heavy (non-hydrogen) atoms. The molecule has 0 spiro atoms. The summed E-state index contributed by atoms with van der Waals surface area (Å²) in [5.41, 5.74) is 7.23. The smallest absolute Gasteiger partial charge is 0.138 e. The summed E-state index contributed by atoms with van der Waals surface area (Å²) in [6, 6.07) is 45.3. The first-order valence-electron chi connectivity index (χ1n) is 13.7. The van der Waals surface area contributed by atoms with Gasteiger partial charge in [0.15, 0.2) is 0 Å².